The quantitative estimate of drug-likeness (QED) is 0.367. The van der Waals surface area contributed by atoms with E-state index in [0.29, 0.717) is 22.8 Å². The van der Waals surface area contributed by atoms with Gasteiger partial charge in [0.2, 0.25) is 0 Å². The standard InChI is InChI=1S/C24H24ClN5O4/c25-16-8-6-15(7-9-16)17(14-4-2-1-3-5-14)10-33-11-18-20(31)21(32)24(34-18)30-13-29-19-22(26)27-12-28-23(19)30/h1-9,12-13,17-18,20-21,24,31-32H,10-11H2,(H2,26,27,28)/t17?,18-,20-,21-,24-/m1/s1. The van der Waals surface area contributed by atoms with Crippen LogP contribution in [-0.2, 0) is 9.47 Å². The Labute approximate surface area is 200 Å². The Bertz CT molecular complexity index is 1250. The first-order valence-electron chi connectivity index (χ1n) is 10.9. The Morgan fingerprint density at radius 2 is 1.74 bits per heavy atom. The molecule has 0 bridgehead atoms. The topological polar surface area (TPSA) is 129 Å². The maximum atomic E-state index is 10.7. The first-order valence-corrected chi connectivity index (χ1v) is 11.2. The number of benzene rings is 2. The van der Waals surface area contributed by atoms with Crippen LogP contribution in [0, 0.1) is 0 Å². The number of halogens is 1. The van der Waals surface area contributed by atoms with Gasteiger partial charge in [-0.3, -0.25) is 4.57 Å². The number of rotatable bonds is 7. The summed E-state index contributed by atoms with van der Waals surface area (Å²) in [6.45, 7) is 0.451. The zero-order chi connectivity index (χ0) is 23.7. The van der Waals surface area contributed by atoms with Gasteiger partial charge in [0, 0.05) is 10.9 Å². The maximum absolute atomic E-state index is 10.7. The molecule has 0 saturated carbocycles. The minimum Gasteiger partial charge on any atom is -0.387 e. The highest BCUT2D eigenvalue weighted by Gasteiger charge is 2.44. The van der Waals surface area contributed by atoms with Crippen molar-refractivity contribution in [3.63, 3.8) is 0 Å². The van der Waals surface area contributed by atoms with E-state index in [-0.39, 0.29) is 18.3 Å². The SMILES string of the molecule is Nc1ncnc2c1ncn2[C@@H]1O[C@H](COCC(c2ccccc2)c2ccc(Cl)cc2)[C@@H](O)[C@H]1O. The highest BCUT2D eigenvalue weighted by atomic mass is 35.5. The highest BCUT2D eigenvalue weighted by Crippen LogP contribution is 2.33. The average Bonchev–Trinajstić information content (AvgIpc) is 3.40. The van der Waals surface area contributed by atoms with E-state index in [2.05, 4.69) is 15.0 Å². The third-order valence-electron chi connectivity index (χ3n) is 6.04. The molecule has 4 N–H and O–H groups in total. The fraction of sp³-hybridized carbons (Fsp3) is 0.292. The van der Waals surface area contributed by atoms with Crippen LogP contribution in [0.5, 0.6) is 0 Å². The summed E-state index contributed by atoms with van der Waals surface area (Å²) < 4.78 is 13.5. The number of hydrogen-bond acceptors (Lipinski definition) is 8. The molecule has 4 aromatic rings. The first-order chi connectivity index (χ1) is 16.5. The summed E-state index contributed by atoms with van der Waals surface area (Å²) in [5, 5.41) is 21.9. The van der Waals surface area contributed by atoms with E-state index in [1.807, 2.05) is 54.6 Å². The molecule has 0 spiro atoms. The van der Waals surface area contributed by atoms with Gasteiger partial charge in [-0.2, -0.15) is 0 Å². The molecule has 34 heavy (non-hydrogen) atoms. The second kappa shape index (κ2) is 9.65. The van der Waals surface area contributed by atoms with Crippen molar-refractivity contribution in [3.8, 4) is 0 Å². The van der Waals surface area contributed by atoms with E-state index in [9.17, 15) is 10.2 Å². The summed E-state index contributed by atoms with van der Waals surface area (Å²) in [7, 11) is 0. The van der Waals surface area contributed by atoms with Crippen LogP contribution in [-0.4, -0.2) is 61.3 Å². The molecule has 5 atom stereocenters. The molecule has 0 radical (unpaired) electrons. The van der Waals surface area contributed by atoms with Gasteiger partial charge in [0.1, 0.15) is 30.2 Å². The smallest absolute Gasteiger partial charge is 0.167 e. The molecule has 2 aromatic carbocycles. The van der Waals surface area contributed by atoms with Crippen molar-refractivity contribution in [1.82, 2.24) is 19.5 Å². The van der Waals surface area contributed by atoms with Gasteiger partial charge in [0.05, 0.1) is 19.5 Å². The molecule has 1 unspecified atom stereocenters. The number of nitrogen functional groups attached to an aromatic ring is 1. The van der Waals surface area contributed by atoms with E-state index in [4.69, 9.17) is 26.8 Å². The molecule has 0 aliphatic carbocycles. The fourth-order valence-corrected chi connectivity index (χ4v) is 4.35. The van der Waals surface area contributed by atoms with Gasteiger partial charge in [0.25, 0.3) is 0 Å². The number of ether oxygens (including phenoxy) is 2. The Kier molecular flexibility index (Phi) is 6.44. The normalized spacial score (nSPS) is 23.4. The van der Waals surface area contributed by atoms with Crippen molar-refractivity contribution >= 4 is 28.6 Å². The van der Waals surface area contributed by atoms with Crippen molar-refractivity contribution in [2.45, 2.75) is 30.5 Å². The lowest BCUT2D eigenvalue weighted by atomic mass is 9.92. The lowest BCUT2D eigenvalue weighted by Gasteiger charge is -2.21. The van der Waals surface area contributed by atoms with Crippen molar-refractivity contribution in [2.75, 3.05) is 18.9 Å². The first kappa shape index (κ1) is 22.7. The minimum atomic E-state index is -1.19. The molecular formula is C24H24ClN5O4. The zero-order valence-electron chi connectivity index (χ0n) is 18.1. The molecule has 176 valence electrons. The number of anilines is 1. The second-order valence-electron chi connectivity index (χ2n) is 8.18. The van der Waals surface area contributed by atoms with Crippen molar-refractivity contribution in [3.05, 3.63) is 83.4 Å². The maximum Gasteiger partial charge on any atom is 0.167 e. The Hall–Kier alpha value is -3.08. The van der Waals surface area contributed by atoms with Gasteiger partial charge >= 0.3 is 0 Å². The van der Waals surface area contributed by atoms with Crippen molar-refractivity contribution < 1.29 is 19.7 Å². The summed E-state index contributed by atoms with van der Waals surface area (Å²) in [5.41, 5.74) is 8.82. The second-order valence-corrected chi connectivity index (χ2v) is 8.62. The van der Waals surface area contributed by atoms with Crippen LogP contribution in [0.25, 0.3) is 11.2 Å². The summed E-state index contributed by atoms with van der Waals surface area (Å²) in [6, 6.07) is 17.7. The predicted molar refractivity (Wildman–Crippen MR) is 126 cm³/mol. The predicted octanol–water partition coefficient (Wildman–Crippen LogP) is 2.53. The minimum absolute atomic E-state index is 0.0324. The van der Waals surface area contributed by atoms with Crippen molar-refractivity contribution in [2.24, 2.45) is 0 Å². The summed E-state index contributed by atoms with van der Waals surface area (Å²) >= 11 is 6.06. The van der Waals surface area contributed by atoms with Gasteiger partial charge in [0.15, 0.2) is 17.7 Å². The van der Waals surface area contributed by atoms with Crippen LogP contribution in [0.15, 0.2) is 67.3 Å². The number of aliphatic hydroxyl groups is 2. The van der Waals surface area contributed by atoms with Gasteiger partial charge < -0.3 is 25.4 Å². The third kappa shape index (κ3) is 4.36. The van der Waals surface area contributed by atoms with Crippen LogP contribution in [0.1, 0.15) is 23.3 Å². The van der Waals surface area contributed by atoms with Crippen molar-refractivity contribution in [1.29, 1.82) is 0 Å². The lowest BCUT2D eigenvalue weighted by Crippen LogP contribution is -2.34. The molecule has 0 amide bonds. The number of aliphatic hydroxyl groups excluding tert-OH is 2. The molecule has 1 saturated heterocycles. The molecule has 1 aliphatic heterocycles. The number of aromatic nitrogens is 4. The van der Waals surface area contributed by atoms with E-state index in [1.165, 1.54) is 12.7 Å². The number of nitrogens with zero attached hydrogens (tertiary/aromatic N) is 4. The van der Waals surface area contributed by atoms with Crippen LogP contribution in [0.3, 0.4) is 0 Å². The van der Waals surface area contributed by atoms with Gasteiger partial charge in [-0.05, 0) is 23.3 Å². The molecule has 1 fully saturated rings. The fourth-order valence-electron chi connectivity index (χ4n) is 4.22. The van der Waals surface area contributed by atoms with Crippen LogP contribution >= 0.6 is 11.6 Å². The number of imidazole rings is 1. The number of fused-ring (bicyclic) bond motifs is 1. The molecular weight excluding hydrogens is 458 g/mol. The van der Waals surface area contributed by atoms with Gasteiger partial charge in [-0.25, -0.2) is 15.0 Å². The zero-order valence-corrected chi connectivity index (χ0v) is 18.9. The third-order valence-corrected chi connectivity index (χ3v) is 6.29. The molecule has 9 nitrogen and oxygen atoms in total. The van der Waals surface area contributed by atoms with Gasteiger partial charge in [-0.15, -0.1) is 0 Å². The largest absolute Gasteiger partial charge is 0.387 e. The van der Waals surface area contributed by atoms with Crippen LogP contribution < -0.4 is 5.73 Å². The van der Waals surface area contributed by atoms with Crippen LogP contribution in [0.4, 0.5) is 5.82 Å². The Morgan fingerprint density at radius 3 is 2.50 bits per heavy atom. The monoisotopic (exact) mass is 481 g/mol. The summed E-state index contributed by atoms with van der Waals surface area (Å²) in [4.78, 5) is 12.3. The molecule has 2 aromatic heterocycles. The summed E-state index contributed by atoms with van der Waals surface area (Å²) in [5.74, 6) is 0.195. The van der Waals surface area contributed by atoms with E-state index in [1.54, 1.807) is 4.57 Å². The van der Waals surface area contributed by atoms with Crippen LogP contribution in [0.2, 0.25) is 5.02 Å². The molecule has 3 heterocycles. The van der Waals surface area contributed by atoms with E-state index < -0.39 is 24.5 Å². The van der Waals surface area contributed by atoms with E-state index >= 15 is 0 Å². The summed E-state index contributed by atoms with van der Waals surface area (Å²) in [6.07, 6.45) is -1.18. The molecule has 10 heteroatoms. The number of hydrogen-bond donors (Lipinski definition) is 3. The lowest BCUT2D eigenvalue weighted by molar-refractivity contribution is -0.0661. The van der Waals surface area contributed by atoms with Gasteiger partial charge in [-0.1, -0.05) is 54.1 Å². The average molecular weight is 482 g/mol. The Balaban J connectivity index is 1.29. The van der Waals surface area contributed by atoms with E-state index in [0.717, 1.165) is 11.1 Å². The number of nitrogens with two attached hydrogens (primary N) is 1. The highest BCUT2D eigenvalue weighted by molar-refractivity contribution is 6.30. The molecule has 1 aliphatic rings. The Morgan fingerprint density at radius 1 is 1.00 bits per heavy atom. The molecule has 5 rings (SSSR count).